The third-order valence-electron chi connectivity index (χ3n) is 4.01. The number of fused-ring (bicyclic) bond motifs is 2. The van der Waals surface area contributed by atoms with E-state index in [0.29, 0.717) is 11.7 Å². The number of nitrogens with zero attached hydrogens (tertiary/aromatic N) is 4. The lowest BCUT2D eigenvalue weighted by molar-refractivity contribution is -0.130. The van der Waals surface area contributed by atoms with Gasteiger partial charge < -0.3 is 9.64 Å². The summed E-state index contributed by atoms with van der Waals surface area (Å²) >= 11 is 0. The number of amidine groups is 1. The highest BCUT2D eigenvalue weighted by Gasteiger charge is 2.74. The Kier molecular flexibility index (Phi) is 1.87. The fourth-order valence-corrected chi connectivity index (χ4v) is 2.93. The summed E-state index contributed by atoms with van der Waals surface area (Å²) < 4.78 is 5.70. The molecule has 3 aliphatic rings. The SMILES string of the molecule is Cc1cnc2c(c1)C1OC13C(=O)N(C)C(=O)N=C3N2C. The van der Waals surface area contributed by atoms with Gasteiger partial charge in [0.1, 0.15) is 11.9 Å². The van der Waals surface area contributed by atoms with Crippen molar-refractivity contribution in [2.75, 3.05) is 19.0 Å². The number of amides is 3. The summed E-state index contributed by atoms with van der Waals surface area (Å²) in [5.74, 6) is 0.647. The number of likely N-dealkylation sites (N-methyl/N-ethyl adjacent to an activating group) is 2. The Morgan fingerprint density at radius 1 is 1.30 bits per heavy atom. The summed E-state index contributed by atoms with van der Waals surface area (Å²) in [6.07, 6.45) is 1.34. The van der Waals surface area contributed by atoms with E-state index in [9.17, 15) is 9.59 Å². The molecule has 1 saturated heterocycles. The monoisotopic (exact) mass is 272 g/mol. The second kappa shape index (κ2) is 3.24. The molecular formula is C13H12N4O3. The predicted octanol–water partition coefficient (Wildman–Crippen LogP) is 0.640. The lowest BCUT2D eigenvalue weighted by Crippen LogP contribution is -2.57. The molecular weight excluding hydrogens is 260 g/mol. The van der Waals surface area contributed by atoms with Crippen LogP contribution in [-0.2, 0) is 9.53 Å². The van der Waals surface area contributed by atoms with Crippen LogP contribution in [0.2, 0.25) is 0 Å². The second-order valence-corrected chi connectivity index (χ2v) is 5.30. The molecule has 0 aromatic carbocycles. The molecule has 4 rings (SSSR count). The van der Waals surface area contributed by atoms with E-state index in [4.69, 9.17) is 4.74 Å². The van der Waals surface area contributed by atoms with Crippen molar-refractivity contribution >= 4 is 23.6 Å². The zero-order valence-electron chi connectivity index (χ0n) is 11.2. The molecule has 2 unspecified atom stereocenters. The van der Waals surface area contributed by atoms with Crippen LogP contribution in [0, 0.1) is 6.92 Å². The number of imide groups is 1. The van der Waals surface area contributed by atoms with E-state index in [1.54, 1.807) is 18.1 Å². The highest BCUT2D eigenvalue weighted by atomic mass is 16.6. The first-order valence-corrected chi connectivity index (χ1v) is 6.26. The van der Waals surface area contributed by atoms with Crippen LogP contribution in [0.4, 0.5) is 10.6 Å². The van der Waals surface area contributed by atoms with E-state index in [2.05, 4.69) is 9.98 Å². The zero-order chi connectivity index (χ0) is 14.2. The van der Waals surface area contributed by atoms with Crippen LogP contribution in [0.1, 0.15) is 17.2 Å². The smallest absolute Gasteiger partial charge is 0.343 e. The van der Waals surface area contributed by atoms with Gasteiger partial charge in [-0.25, -0.2) is 9.78 Å². The molecule has 1 aromatic rings. The fraction of sp³-hybridized carbons (Fsp3) is 0.385. The van der Waals surface area contributed by atoms with Crippen molar-refractivity contribution in [1.29, 1.82) is 0 Å². The normalized spacial score (nSPS) is 30.6. The van der Waals surface area contributed by atoms with Crippen LogP contribution in [-0.4, -0.2) is 47.4 Å². The molecule has 1 spiro atoms. The third-order valence-corrected chi connectivity index (χ3v) is 4.01. The molecule has 7 nitrogen and oxygen atoms in total. The molecule has 1 fully saturated rings. The topological polar surface area (TPSA) is 78.4 Å². The standard InChI is InChI=1S/C13H12N4O3/c1-6-4-7-8-13(20-8)10(16(2)9(7)14-5-6)15-12(19)17(3)11(13)18/h4-5,8H,1-3H3. The van der Waals surface area contributed by atoms with Gasteiger partial charge in [-0.2, -0.15) is 4.99 Å². The van der Waals surface area contributed by atoms with Gasteiger partial charge in [-0.3, -0.25) is 9.69 Å². The van der Waals surface area contributed by atoms with Crippen LogP contribution in [0.25, 0.3) is 0 Å². The van der Waals surface area contributed by atoms with Crippen molar-refractivity contribution in [1.82, 2.24) is 9.88 Å². The lowest BCUT2D eigenvalue weighted by Gasteiger charge is -2.34. The van der Waals surface area contributed by atoms with E-state index in [0.717, 1.165) is 16.0 Å². The van der Waals surface area contributed by atoms with Gasteiger partial charge in [0.2, 0.25) is 5.60 Å². The number of epoxide rings is 1. The van der Waals surface area contributed by atoms with E-state index in [1.807, 2.05) is 13.0 Å². The maximum absolute atomic E-state index is 12.4. The van der Waals surface area contributed by atoms with Crippen molar-refractivity contribution in [3.05, 3.63) is 23.4 Å². The summed E-state index contributed by atoms with van der Waals surface area (Å²) in [6, 6.07) is 1.38. The van der Waals surface area contributed by atoms with Crippen LogP contribution in [0.15, 0.2) is 17.3 Å². The number of urea groups is 1. The first-order chi connectivity index (χ1) is 9.46. The van der Waals surface area contributed by atoms with Gasteiger partial charge in [-0.15, -0.1) is 0 Å². The summed E-state index contributed by atoms with van der Waals surface area (Å²) in [4.78, 5) is 35.2. The van der Waals surface area contributed by atoms with Crippen LogP contribution in [0.5, 0.6) is 0 Å². The van der Waals surface area contributed by atoms with Crippen LogP contribution in [0.3, 0.4) is 0 Å². The number of carbonyl (C=O) groups is 2. The Morgan fingerprint density at radius 2 is 2.05 bits per heavy atom. The first kappa shape index (κ1) is 11.5. The molecule has 1 aromatic heterocycles. The molecule has 3 aliphatic heterocycles. The first-order valence-electron chi connectivity index (χ1n) is 6.26. The Hall–Kier alpha value is -2.28. The maximum atomic E-state index is 12.4. The summed E-state index contributed by atoms with van der Waals surface area (Å²) in [5.41, 5.74) is 0.721. The number of rotatable bonds is 0. The van der Waals surface area contributed by atoms with Crippen molar-refractivity contribution in [3.8, 4) is 0 Å². The van der Waals surface area contributed by atoms with Crippen LogP contribution >= 0.6 is 0 Å². The number of aliphatic imine (C=N–C) groups is 1. The van der Waals surface area contributed by atoms with E-state index < -0.39 is 17.7 Å². The van der Waals surface area contributed by atoms with Crippen molar-refractivity contribution in [3.63, 3.8) is 0 Å². The Morgan fingerprint density at radius 3 is 2.80 bits per heavy atom. The molecule has 102 valence electrons. The number of aromatic nitrogens is 1. The third kappa shape index (κ3) is 1.10. The minimum absolute atomic E-state index is 0.333. The molecule has 3 amide bonds. The maximum Gasteiger partial charge on any atom is 0.351 e. The molecule has 4 heterocycles. The lowest BCUT2D eigenvalue weighted by atomic mass is 9.91. The van der Waals surface area contributed by atoms with Gasteiger partial charge in [0, 0.05) is 25.9 Å². The predicted molar refractivity (Wildman–Crippen MR) is 69.5 cm³/mol. The largest absolute Gasteiger partial charge is 0.351 e. The quantitative estimate of drug-likeness (QED) is 0.648. The fourth-order valence-electron chi connectivity index (χ4n) is 2.93. The Labute approximate surface area is 114 Å². The molecule has 0 radical (unpaired) electrons. The average Bonchev–Trinajstić information content (AvgIpc) is 3.16. The van der Waals surface area contributed by atoms with Gasteiger partial charge >= 0.3 is 6.03 Å². The highest BCUT2D eigenvalue weighted by Crippen LogP contribution is 2.58. The molecule has 0 saturated carbocycles. The summed E-state index contributed by atoms with van der Waals surface area (Å²) in [7, 11) is 3.16. The number of carbonyl (C=O) groups excluding carboxylic acids is 2. The average molecular weight is 272 g/mol. The number of aryl methyl sites for hydroxylation is 1. The van der Waals surface area contributed by atoms with Gasteiger partial charge in [0.05, 0.1) is 0 Å². The van der Waals surface area contributed by atoms with E-state index >= 15 is 0 Å². The number of ether oxygens (including phenoxy) is 1. The van der Waals surface area contributed by atoms with Crippen molar-refractivity contribution in [2.24, 2.45) is 4.99 Å². The number of pyridine rings is 1. The number of hydrogen-bond donors (Lipinski definition) is 0. The Bertz CT molecular complexity index is 714. The van der Waals surface area contributed by atoms with Gasteiger partial charge in [-0.05, 0) is 18.6 Å². The van der Waals surface area contributed by atoms with Crippen LogP contribution < -0.4 is 4.90 Å². The van der Waals surface area contributed by atoms with Gasteiger partial charge in [0.15, 0.2) is 5.84 Å². The number of hydrogen-bond acceptors (Lipinski definition) is 5. The van der Waals surface area contributed by atoms with Crippen molar-refractivity contribution in [2.45, 2.75) is 18.6 Å². The second-order valence-electron chi connectivity index (χ2n) is 5.30. The Balaban J connectivity index is 1.96. The van der Waals surface area contributed by atoms with E-state index in [-0.39, 0.29) is 5.91 Å². The summed E-state index contributed by atoms with van der Waals surface area (Å²) in [6.45, 7) is 1.93. The summed E-state index contributed by atoms with van der Waals surface area (Å²) in [5, 5.41) is 0. The zero-order valence-corrected chi connectivity index (χ0v) is 11.2. The molecule has 20 heavy (non-hydrogen) atoms. The minimum Gasteiger partial charge on any atom is -0.343 e. The molecule has 2 atom stereocenters. The highest BCUT2D eigenvalue weighted by molar-refractivity contribution is 6.28. The molecule has 7 heteroatoms. The van der Waals surface area contributed by atoms with Gasteiger partial charge in [0.25, 0.3) is 5.91 Å². The molecule has 0 N–H and O–H groups in total. The molecule has 0 aliphatic carbocycles. The van der Waals surface area contributed by atoms with Gasteiger partial charge in [-0.1, -0.05) is 0 Å². The van der Waals surface area contributed by atoms with Crippen molar-refractivity contribution < 1.29 is 14.3 Å². The van der Waals surface area contributed by atoms with E-state index in [1.165, 1.54) is 7.05 Å². The minimum atomic E-state index is -1.14. The molecule has 0 bridgehead atoms. The number of anilines is 1.